The molecule has 0 heterocycles. The first-order chi connectivity index (χ1) is 8.12. The first-order valence-electron chi connectivity index (χ1n) is 6.30. The van der Waals surface area contributed by atoms with Crippen molar-refractivity contribution in [2.24, 2.45) is 11.3 Å². The van der Waals surface area contributed by atoms with Gasteiger partial charge >= 0.3 is 12.1 Å². The highest BCUT2D eigenvalue weighted by Crippen LogP contribution is 2.55. The predicted octanol–water partition coefficient (Wildman–Crippen LogP) is 2.35. The van der Waals surface area contributed by atoms with Crippen LogP contribution in [-0.2, 0) is 9.53 Å². The molecule has 1 saturated carbocycles. The average molecular weight is 257 g/mol. The van der Waals surface area contributed by atoms with Gasteiger partial charge in [-0.2, -0.15) is 0 Å². The Labute approximate surface area is 108 Å². The molecule has 0 aromatic rings. The molecule has 0 spiro atoms. The zero-order chi connectivity index (χ0) is 14.1. The molecule has 0 bridgehead atoms. The first kappa shape index (κ1) is 14.8. The molecule has 1 aliphatic rings. The minimum atomic E-state index is -0.815. The molecule has 18 heavy (non-hydrogen) atoms. The predicted molar refractivity (Wildman–Crippen MR) is 67.3 cm³/mol. The lowest BCUT2D eigenvalue weighted by Crippen LogP contribution is -2.40. The summed E-state index contributed by atoms with van der Waals surface area (Å²) in [7, 11) is 1.59. The summed E-state index contributed by atoms with van der Waals surface area (Å²) in [6.07, 6.45) is 1.00. The molecule has 1 N–H and O–H groups in total. The molecule has 0 saturated heterocycles. The van der Waals surface area contributed by atoms with E-state index in [1.807, 2.05) is 6.92 Å². The maximum absolute atomic E-state index is 11.8. The highest BCUT2D eigenvalue weighted by atomic mass is 16.6. The standard InChI is InChI=1S/C13H23NO4/c1-6-9-7-13(9,10(15)16)8-14(5)11(17)18-12(2,3)4/h9H,6-8H2,1-5H3,(H,15,16)/t9-,13+/m1/s1. The molecule has 0 aliphatic heterocycles. The second-order valence-corrected chi connectivity index (χ2v) is 6.11. The fourth-order valence-corrected chi connectivity index (χ4v) is 2.27. The van der Waals surface area contributed by atoms with Crippen LogP contribution in [0.4, 0.5) is 4.79 Å². The Morgan fingerprint density at radius 3 is 2.33 bits per heavy atom. The van der Waals surface area contributed by atoms with Crippen LogP contribution in [0, 0.1) is 11.3 Å². The molecule has 0 unspecified atom stereocenters. The van der Waals surface area contributed by atoms with Crippen LogP contribution in [-0.4, -0.2) is 41.3 Å². The molecular formula is C13H23NO4. The largest absolute Gasteiger partial charge is 0.481 e. The number of ether oxygens (including phenoxy) is 1. The maximum atomic E-state index is 11.8. The van der Waals surface area contributed by atoms with Gasteiger partial charge in [0.25, 0.3) is 0 Å². The smallest absolute Gasteiger partial charge is 0.410 e. The molecular weight excluding hydrogens is 234 g/mol. The Balaban J connectivity index is 2.62. The summed E-state index contributed by atoms with van der Waals surface area (Å²) in [6.45, 7) is 7.56. The summed E-state index contributed by atoms with van der Waals surface area (Å²) in [4.78, 5) is 24.5. The van der Waals surface area contributed by atoms with Gasteiger partial charge in [-0.25, -0.2) is 4.79 Å². The lowest BCUT2D eigenvalue weighted by molar-refractivity contribution is -0.144. The molecule has 0 aromatic heterocycles. The van der Waals surface area contributed by atoms with Gasteiger partial charge in [0.2, 0.25) is 0 Å². The van der Waals surface area contributed by atoms with E-state index in [9.17, 15) is 14.7 Å². The second-order valence-electron chi connectivity index (χ2n) is 6.11. The van der Waals surface area contributed by atoms with Crippen molar-refractivity contribution in [1.82, 2.24) is 4.90 Å². The third-order valence-electron chi connectivity index (χ3n) is 3.38. The average Bonchev–Trinajstić information content (AvgIpc) is 2.90. The molecule has 5 nitrogen and oxygen atoms in total. The van der Waals surface area contributed by atoms with E-state index in [0.29, 0.717) is 6.42 Å². The zero-order valence-electron chi connectivity index (χ0n) is 11.8. The first-order valence-corrected chi connectivity index (χ1v) is 6.30. The third kappa shape index (κ3) is 3.15. The van der Waals surface area contributed by atoms with Crippen LogP contribution in [0.3, 0.4) is 0 Å². The molecule has 1 rings (SSSR count). The Kier molecular flexibility index (Phi) is 3.93. The molecule has 0 aromatic carbocycles. The van der Waals surface area contributed by atoms with E-state index in [1.165, 1.54) is 4.90 Å². The van der Waals surface area contributed by atoms with E-state index in [-0.39, 0.29) is 12.5 Å². The van der Waals surface area contributed by atoms with Crippen molar-refractivity contribution >= 4 is 12.1 Å². The quantitative estimate of drug-likeness (QED) is 0.839. The molecule has 1 amide bonds. The monoisotopic (exact) mass is 257 g/mol. The van der Waals surface area contributed by atoms with Gasteiger partial charge in [0.1, 0.15) is 5.60 Å². The summed E-state index contributed by atoms with van der Waals surface area (Å²) in [5, 5.41) is 9.29. The lowest BCUT2D eigenvalue weighted by atomic mass is 10.0. The summed E-state index contributed by atoms with van der Waals surface area (Å²) < 4.78 is 5.22. The van der Waals surface area contributed by atoms with Crippen LogP contribution in [0.5, 0.6) is 0 Å². The number of amides is 1. The van der Waals surface area contributed by atoms with Gasteiger partial charge < -0.3 is 14.7 Å². The number of carbonyl (C=O) groups is 2. The van der Waals surface area contributed by atoms with Gasteiger partial charge in [0.15, 0.2) is 0 Å². The van der Waals surface area contributed by atoms with Crippen molar-refractivity contribution in [2.75, 3.05) is 13.6 Å². The number of nitrogens with zero attached hydrogens (tertiary/aromatic N) is 1. The number of carbonyl (C=O) groups excluding carboxylic acids is 1. The van der Waals surface area contributed by atoms with Crippen molar-refractivity contribution in [3.63, 3.8) is 0 Å². The Morgan fingerprint density at radius 2 is 2.00 bits per heavy atom. The van der Waals surface area contributed by atoms with Crippen LogP contribution >= 0.6 is 0 Å². The van der Waals surface area contributed by atoms with Crippen LogP contribution < -0.4 is 0 Å². The molecule has 2 atom stereocenters. The van der Waals surface area contributed by atoms with Gasteiger partial charge in [-0.3, -0.25) is 4.79 Å². The van der Waals surface area contributed by atoms with Crippen molar-refractivity contribution in [2.45, 2.75) is 46.1 Å². The highest BCUT2D eigenvalue weighted by molar-refractivity contribution is 5.80. The fourth-order valence-electron chi connectivity index (χ4n) is 2.27. The fraction of sp³-hybridized carbons (Fsp3) is 0.846. The van der Waals surface area contributed by atoms with Gasteiger partial charge in [-0.1, -0.05) is 13.3 Å². The van der Waals surface area contributed by atoms with E-state index in [1.54, 1.807) is 27.8 Å². The normalized spacial score (nSPS) is 26.6. The lowest BCUT2D eigenvalue weighted by Gasteiger charge is -2.26. The van der Waals surface area contributed by atoms with Crippen molar-refractivity contribution < 1.29 is 19.4 Å². The van der Waals surface area contributed by atoms with E-state index >= 15 is 0 Å². The number of carboxylic acids is 1. The zero-order valence-corrected chi connectivity index (χ0v) is 11.8. The third-order valence-corrected chi connectivity index (χ3v) is 3.38. The number of aliphatic carboxylic acids is 1. The minimum absolute atomic E-state index is 0.167. The molecule has 5 heteroatoms. The second kappa shape index (κ2) is 4.78. The van der Waals surface area contributed by atoms with E-state index in [4.69, 9.17) is 4.74 Å². The number of carboxylic acid groups (broad SMARTS) is 1. The van der Waals surface area contributed by atoms with Crippen molar-refractivity contribution in [1.29, 1.82) is 0 Å². The molecule has 1 aliphatic carbocycles. The summed E-state index contributed by atoms with van der Waals surface area (Å²) in [5.41, 5.74) is -1.32. The van der Waals surface area contributed by atoms with Crippen LogP contribution in [0.2, 0.25) is 0 Å². The van der Waals surface area contributed by atoms with Gasteiger partial charge in [-0.05, 0) is 33.1 Å². The SMILES string of the molecule is CC[C@@H]1C[C@@]1(CN(C)C(=O)OC(C)(C)C)C(=O)O. The minimum Gasteiger partial charge on any atom is -0.481 e. The maximum Gasteiger partial charge on any atom is 0.410 e. The van der Waals surface area contributed by atoms with Gasteiger partial charge in [0, 0.05) is 13.6 Å². The van der Waals surface area contributed by atoms with E-state index in [2.05, 4.69) is 0 Å². The van der Waals surface area contributed by atoms with Crippen molar-refractivity contribution in [3.05, 3.63) is 0 Å². The summed E-state index contributed by atoms with van der Waals surface area (Å²) >= 11 is 0. The summed E-state index contributed by atoms with van der Waals surface area (Å²) in [6, 6.07) is 0. The summed E-state index contributed by atoms with van der Waals surface area (Å²) in [5.74, 6) is -0.648. The van der Waals surface area contributed by atoms with Crippen molar-refractivity contribution in [3.8, 4) is 0 Å². The number of hydrogen-bond acceptors (Lipinski definition) is 3. The van der Waals surface area contributed by atoms with E-state index in [0.717, 1.165) is 6.42 Å². The Bertz CT molecular complexity index is 347. The highest BCUT2D eigenvalue weighted by Gasteiger charge is 2.60. The topological polar surface area (TPSA) is 66.8 Å². The molecule has 0 radical (unpaired) electrons. The number of hydrogen-bond donors (Lipinski definition) is 1. The van der Waals surface area contributed by atoms with Crippen LogP contribution in [0.1, 0.15) is 40.5 Å². The van der Waals surface area contributed by atoms with Crippen LogP contribution in [0.25, 0.3) is 0 Å². The Hall–Kier alpha value is -1.26. The van der Waals surface area contributed by atoms with Gasteiger partial charge in [0.05, 0.1) is 5.41 Å². The molecule has 1 fully saturated rings. The molecule has 104 valence electrons. The Morgan fingerprint density at radius 1 is 1.44 bits per heavy atom. The van der Waals surface area contributed by atoms with Crippen LogP contribution in [0.15, 0.2) is 0 Å². The van der Waals surface area contributed by atoms with Gasteiger partial charge in [-0.15, -0.1) is 0 Å². The number of rotatable bonds is 4. The van der Waals surface area contributed by atoms with E-state index < -0.39 is 23.1 Å².